The monoisotopic (exact) mass is 632 g/mol. The van der Waals surface area contributed by atoms with Gasteiger partial charge in [0.05, 0.1) is 16.7 Å². The molecule has 1 aliphatic carbocycles. The zero-order valence-electron chi connectivity index (χ0n) is 29.1. The zero-order chi connectivity index (χ0) is 33.6. The summed E-state index contributed by atoms with van der Waals surface area (Å²) in [5.74, 6) is 0. The molecule has 0 unspecified atom stereocenters. The Morgan fingerprint density at radius 3 is 1.78 bits per heavy atom. The van der Waals surface area contributed by atoms with Gasteiger partial charge in [-0.15, -0.1) is 0 Å². The fourth-order valence-corrected chi connectivity index (χ4v) is 8.29. The first-order valence-corrected chi connectivity index (χ1v) is 17.4. The number of hydrogen-bond donors (Lipinski definition) is 0. The van der Waals surface area contributed by atoms with E-state index in [4.69, 9.17) is 0 Å². The van der Waals surface area contributed by atoms with E-state index in [2.05, 4.69) is 184 Å². The lowest BCUT2D eigenvalue weighted by molar-refractivity contribution is 0.660. The van der Waals surface area contributed by atoms with Gasteiger partial charge in [0.25, 0.3) is 0 Å². The van der Waals surface area contributed by atoms with Crippen molar-refractivity contribution in [2.75, 3.05) is 4.90 Å². The van der Waals surface area contributed by atoms with E-state index in [0.29, 0.717) is 0 Å². The Labute approximate surface area is 288 Å². The minimum Gasteiger partial charge on any atom is -0.310 e. The van der Waals surface area contributed by atoms with Crippen LogP contribution in [-0.2, 0) is 5.41 Å². The van der Waals surface area contributed by atoms with Crippen molar-refractivity contribution in [3.63, 3.8) is 0 Å². The van der Waals surface area contributed by atoms with Gasteiger partial charge < -0.3 is 9.47 Å². The molecular formula is C47H40N2. The largest absolute Gasteiger partial charge is 0.310 e. The third-order valence-electron chi connectivity index (χ3n) is 10.8. The lowest BCUT2D eigenvalue weighted by Crippen LogP contribution is -2.17. The normalized spacial score (nSPS) is 13.3. The summed E-state index contributed by atoms with van der Waals surface area (Å²) in [4.78, 5) is 2.45. The van der Waals surface area contributed by atoms with Crippen LogP contribution in [0.1, 0.15) is 47.2 Å². The van der Waals surface area contributed by atoms with Crippen LogP contribution in [-0.4, -0.2) is 4.57 Å². The summed E-state index contributed by atoms with van der Waals surface area (Å²) in [6.45, 7) is 13.5. The molecule has 2 heteroatoms. The van der Waals surface area contributed by atoms with Gasteiger partial charge >= 0.3 is 0 Å². The standard InChI is InChI=1S/C47H40N2/c1-29-14-18-33(19-15-29)48(34-11-9-10-30(2)24-34)45-28-42-46(37-13-8-7-12-36(37)45)38-21-20-35(27-41(38)47(42,5)6)49-43-22-16-31(3)25-39(43)40-26-32(4)17-23-44(40)49/h7-28H,1-6H3. The van der Waals surface area contributed by atoms with Gasteiger partial charge in [-0.1, -0.05) is 97.3 Å². The van der Waals surface area contributed by atoms with Crippen LogP contribution in [0.3, 0.4) is 0 Å². The number of hydrogen-bond acceptors (Lipinski definition) is 1. The molecule has 2 nitrogen and oxygen atoms in total. The van der Waals surface area contributed by atoms with E-state index in [-0.39, 0.29) is 5.41 Å². The molecule has 8 aromatic rings. The smallest absolute Gasteiger partial charge is 0.0543 e. The van der Waals surface area contributed by atoms with Crippen LogP contribution in [0.2, 0.25) is 0 Å². The third-order valence-corrected chi connectivity index (χ3v) is 10.8. The molecule has 238 valence electrons. The van der Waals surface area contributed by atoms with E-state index in [0.717, 1.165) is 5.69 Å². The number of rotatable bonds is 4. The van der Waals surface area contributed by atoms with Crippen LogP contribution in [0.5, 0.6) is 0 Å². The van der Waals surface area contributed by atoms with Gasteiger partial charge in [-0.25, -0.2) is 0 Å². The molecule has 9 rings (SSSR count). The number of aryl methyl sites for hydroxylation is 4. The molecule has 0 N–H and O–H groups in total. The number of anilines is 3. The van der Waals surface area contributed by atoms with Crippen molar-refractivity contribution in [3.05, 3.63) is 167 Å². The average molecular weight is 633 g/mol. The maximum Gasteiger partial charge on any atom is 0.0543 e. The maximum absolute atomic E-state index is 2.48. The van der Waals surface area contributed by atoms with Crippen molar-refractivity contribution in [1.82, 2.24) is 4.57 Å². The van der Waals surface area contributed by atoms with Crippen molar-refractivity contribution in [2.24, 2.45) is 0 Å². The summed E-state index contributed by atoms with van der Waals surface area (Å²) in [5, 5.41) is 5.17. The predicted octanol–water partition coefficient (Wildman–Crippen LogP) is 12.9. The molecule has 0 amide bonds. The first-order chi connectivity index (χ1) is 23.7. The summed E-state index contributed by atoms with van der Waals surface area (Å²) >= 11 is 0. The highest BCUT2D eigenvalue weighted by Crippen LogP contribution is 2.55. The van der Waals surface area contributed by atoms with E-state index >= 15 is 0 Å². The lowest BCUT2D eigenvalue weighted by Gasteiger charge is -2.30. The van der Waals surface area contributed by atoms with Crippen molar-refractivity contribution in [1.29, 1.82) is 0 Å². The Hall–Kier alpha value is -5.60. The first-order valence-electron chi connectivity index (χ1n) is 17.4. The SMILES string of the molecule is Cc1ccc(N(c2cccc(C)c2)c2cc3c(c4ccccc24)-c2ccc(-n4c5ccc(C)cc5c5cc(C)ccc54)cc2C3(C)C)cc1. The Morgan fingerprint density at radius 2 is 1.10 bits per heavy atom. The van der Waals surface area contributed by atoms with Crippen LogP contribution in [0.25, 0.3) is 49.4 Å². The summed E-state index contributed by atoms with van der Waals surface area (Å²) < 4.78 is 2.46. The maximum atomic E-state index is 2.48. The van der Waals surface area contributed by atoms with E-state index in [1.165, 1.54) is 94.1 Å². The Kier molecular flexibility index (Phi) is 6.45. The molecular weight excluding hydrogens is 593 g/mol. The zero-order valence-corrected chi connectivity index (χ0v) is 29.1. The first kappa shape index (κ1) is 29.5. The Balaban J connectivity index is 1.29. The highest BCUT2D eigenvalue weighted by Gasteiger charge is 2.38. The molecule has 0 fully saturated rings. The fraction of sp³-hybridized carbons (Fsp3) is 0.149. The van der Waals surface area contributed by atoms with Crippen LogP contribution in [0.4, 0.5) is 17.1 Å². The number of benzene rings is 7. The second-order valence-electron chi connectivity index (χ2n) is 14.6. The molecule has 7 aromatic carbocycles. The molecule has 0 atom stereocenters. The molecule has 0 saturated heterocycles. The second-order valence-corrected chi connectivity index (χ2v) is 14.6. The van der Waals surface area contributed by atoms with Crippen LogP contribution in [0, 0.1) is 27.7 Å². The number of nitrogens with zero attached hydrogens (tertiary/aromatic N) is 2. The summed E-state index contributed by atoms with van der Waals surface area (Å²) in [6, 6.07) is 50.1. The van der Waals surface area contributed by atoms with E-state index in [9.17, 15) is 0 Å². The van der Waals surface area contributed by atoms with Gasteiger partial charge in [-0.3, -0.25) is 0 Å². The van der Waals surface area contributed by atoms with E-state index in [1.54, 1.807) is 0 Å². The third kappa shape index (κ3) is 4.47. The topological polar surface area (TPSA) is 8.17 Å². The van der Waals surface area contributed by atoms with E-state index in [1.807, 2.05) is 0 Å². The molecule has 49 heavy (non-hydrogen) atoms. The molecule has 0 aliphatic heterocycles. The second kappa shape index (κ2) is 10.7. The molecule has 0 saturated carbocycles. The minimum absolute atomic E-state index is 0.211. The summed E-state index contributed by atoms with van der Waals surface area (Å²) in [6.07, 6.45) is 0. The van der Waals surface area contributed by atoms with Crippen molar-refractivity contribution in [2.45, 2.75) is 47.0 Å². The van der Waals surface area contributed by atoms with Crippen LogP contribution in [0.15, 0.2) is 133 Å². The Morgan fingerprint density at radius 1 is 0.469 bits per heavy atom. The molecule has 1 aromatic heterocycles. The quantitative estimate of drug-likeness (QED) is 0.187. The summed E-state index contributed by atoms with van der Waals surface area (Å²) in [5.41, 5.74) is 17.5. The minimum atomic E-state index is -0.211. The molecule has 0 radical (unpaired) electrons. The van der Waals surface area contributed by atoms with Gasteiger partial charge in [0, 0.05) is 38.6 Å². The average Bonchev–Trinajstić information content (AvgIpc) is 3.53. The Bertz CT molecular complexity index is 2560. The van der Waals surface area contributed by atoms with Crippen LogP contribution < -0.4 is 4.90 Å². The number of aromatic nitrogens is 1. The van der Waals surface area contributed by atoms with Gasteiger partial charge in [0.2, 0.25) is 0 Å². The highest BCUT2D eigenvalue weighted by molar-refractivity contribution is 6.11. The van der Waals surface area contributed by atoms with Crippen molar-refractivity contribution in [3.8, 4) is 16.8 Å². The van der Waals surface area contributed by atoms with Crippen molar-refractivity contribution < 1.29 is 0 Å². The fourth-order valence-electron chi connectivity index (χ4n) is 8.29. The van der Waals surface area contributed by atoms with Gasteiger partial charge in [0.15, 0.2) is 0 Å². The lowest BCUT2D eigenvalue weighted by atomic mass is 9.81. The van der Waals surface area contributed by atoms with E-state index < -0.39 is 0 Å². The highest BCUT2D eigenvalue weighted by atomic mass is 15.1. The van der Waals surface area contributed by atoms with Crippen LogP contribution >= 0.6 is 0 Å². The molecule has 1 heterocycles. The van der Waals surface area contributed by atoms with Crippen molar-refractivity contribution >= 4 is 49.6 Å². The molecule has 0 bridgehead atoms. The molecule has 0 spiro atoms. The van der Waals surface area contributed by atoms with Gasteiger partial charge in [-0.05, 0) is 128 Å². The van der Waals surface area contributed by atoms with Gasteiger partial charge in [-0.2, -0.15) is 0 Å². The van der Waals surface area contributed by atoms with Gasteiger partial charge in [0.1, 0.15) is 0 Å². The number of fused-ring (bicyclic) bond motifs is 8. The predicted molar refractivity (Wildman–Crippen MR) is 209 cm³/mol. The summed E-state index contributed by atoms with van der Waals surface area (Å²) in [7, 11) is 0. The molecule has 1 aliphatic rings.